The lowest BCUT2D eigenvalue weighted by Crippen LogP contribution is -1.99. The normalized spacial score (nSPS) is 13.7. The molecule has 0 atom stereocenters. The van der Waals surface area contributed by atoms with Gasteiger partial charge in [-0.25, -0.2) is 0 Å². The second-order valence-electron chi connectivity index (χ2n) is 12.8. The molecule has 0 amide bonds. The van der Waals surface area contributed by atoms with E-state index in [0.29, 0.717) is 0 Å². The van der Waals surface area contributed by atoms with Crippen LogP contribution in [0.2, 0.25) is 0 Å². The molecule has 10 nitrogen and oxygen atoms in total. The van der Waals surface area contributed by atoms with Crippen molar-refractivity contribution in [1.29, 1.82) is 10.5 Å². The van der Waals surface area contributed by atoms with Crippen LogP contribution in [0.4, 0.5) is 11.4 Å². The molecule has 2 aliphatic rings. The Kier molecular flexibility index (Phi) is 6.43. The first-order valence-corrected chi connectivity index (χ1v) is 19.2. The average Bonchev–Trinajstić information content (AvgIpc) is 4.05. The molecule has 0 saturated heterocycles. The Hall–Kier alpha value is -6.78. The predicted molar refractivity (Wildman–Crippen MR) is 212 cm³/mol. The van der Waals surface area contributed by atoms with Gasteiger partial charge in [0.15, 0.2) is 34.5 Å². The summed E-state index contributed by atoms with van der Waals surface area (Å²) in [4.78, 5) is 61.4. The molecule has 0 saturated carbocycles. The largest absolute Gasteiger partial charge is 0.341 e. The quantitative estimate of drug-likeness (QED) is 0.0976. The maximum atomic E-state index is 13.3. The van der Waals surface area contributed by atoms with Gasteiger partial charge < -0.3 is 9.13 Å². The van der Waals surface area contributed by atoms with Gasteiger partial charge in [-0.15, -0.1) is 45.3 Å². The second kappa shape index (κ2) is 10.9. The smallest absolute Gasteiger partial charge is 0.197 e. The van der Waals surface area contributed by atoms with Crippen molar-refractivity contribution in [1.82, 2.24) is 9.13 Å². The van der Waals surface area contributed by atoms with Gasteiger partial charge in [-0.3, -0.25) is 28.9 Å². The molecule has 252 valence electrons. The number of aromatic nitrogens is 2. The highest BCUT2D eigenvalue weighted by Crippen LogP contribution is 2.52. The predicted octanol–water partition coefficient (Wildman–Crippen LogP) is 10.1. The third kappa shape index (κ3) is 3.97. The summed E-state index contributed by atoms with van der Waals surface area (Å²) in [7, 11) is 4.00. The highest BCUT2D eigenvalue weighted by Gasteiger charge is 2.36. The lowest BCUT2D eigenvalue weighted by Gasteiger charge is -1.98. The molecule has 6 heterocycles. The highest BCUT2D eigenvalue weighted by molar-refractivity contribution is 7.40. The van der Waals surface area contributed by atoms with Gasteiger partial charge in [-0.05, 0) is 36.4 Å². The number of nitriles is 2. The van der Waals surface area contributed by atoms with Crippen molar-refractivity contribution in [2.24, 2.45) is 14.1 Å². The molecule has 6 aromatic heterocycles. The highest BCUT2D eigenvalue weighted by atomic mass is 32.1. The van der Waals surface area contributed by atoms with Gasteiger partial charge in [-0.1, -0.05) is 12.1 Å². The van der Waals surface area contributed by atoms with E-state index in [2.05, 4.69) is 18.8 Å². The maximum Gasteiger partial charge on any atom is 0.197 e. The van der Waals surface area contributed by atoms with Crippen LogP contribution in [0.25, 0.3) is 72.1 Å². The summed E-state index contributed by atoms with van der Waals surface area (Å²) in [6, 6.07) is 13.1. The van der Waals surface area contributed by atoms with Crippen LogP contribution in [0, 0.1) is 35.8 Å². The number of aryl methyl sites for hydroxylation is 2. The van der Waals surface area contributed by atoms with E-state index in [1.165, 1.54) is 46.9 Å². The number of ketones is 4. The number of carbonyl (C=O) groups is 4. The molecule has 0 bridgehead atoms. The third-order valence-electron chi connectivity index (χ3n) is 10.0. The third-order valence-corrected chi connectivity index (χ3v) is 15.0. The van der Waals surface area contributed by atoms with Crippen molar-refractivity contribution in [2.45, 2.75) is 0 Å². The topological polar surface area (TPSA) is 134 Å². The number of allylic oxidation sites excluding steroid dienone is 2. The van der Waals surface area contributed by atoms with Crippen molar-refractivity contribution in [3.05, 3.63) is 114 Å². The van der Waals surface area contributed by atoms with E-state index in [4.69, 9.17) is 13.1 Å². The Morgan fingerprint density at radius 3 is 1.26 bits per heavy atom. The maximum absolute atomic E-state index is 13.3. The van der Waals surface area contributed by atoms with Crippen LogP contribution in [0.3, 0.4) is 0 Å². The minimum absolute atomic E-state index is 0.00853. The molecule has 0 radical (unpaired) electrons. The van der Waals surface area contributed by atoms with Gasteiger partial charge in [0.05, 0.1) is 85.7 Å². The van der Waals surface area contributed by atoms with Gasteiger partial charge in [0.1, 0.15) is 12.1 Å². The van der Waals surface area contributed by atoms with Crippen molar-refractivity contribution >= 4 is 142 Å². The van der Waals surface area contributed by atoms with Crippen molar-refractivity contribution in [3.8, 4) is 12.1 Å². The van der Waals surface area contributed by atoms with Crippen LogP contribution in [0.5, 0.6) is 0 Å². The summed E-state index contributed by atoms with van der Waals surface area (Å²) in [5, 5.41) is 18.8. The number of rotatable bonds is 2. The first-order chi connectivity index (χ1) is 26.1. The van der Waals surface area contributed by atoms with Gasteiger partial charge in [0, 0.05) is 46.1 Å². The van der Waals surface area contributed by atoms with E-state index in [9.17, 15) is 29.7 Å². The van der Waals surface area contributed by atoms with Gasteiger partial charge in [0.25, 0.3) is 0 Å². The van der Waals surface area contributed by atoms with Crippen molar-refractivity contribution in [3.63, 3.8) is 0 Å². The molecule has 54 heavy (non-hydrogen) atoms. The number of carbonyl (C=O) groups excluding carboxylic acids is 4. The SMILES string of the molecule is [C-]#[N+]c1cc2c(cc1[N+]#[C-])C(=O)C(=Cc1cc3c(s1)c1sc4c(sc5c6sc(C=C7C(=O)c8cc(C#N)c(C#N)cc8C7=O)cc6n(C)c54)c1n3C)C2=O. The van der Waals surface area contributed by atoms with E-state index in [0.717, 1.165) is 60.0 Å². The number of hydrogen-bond acceptors (Lipinski definition) is 10. The molecule has 0 fully saturated rings. The van der Waals surface area contributed by atoms with E-state index in [1.54, 1.807) is 34.8 Å². The lowest BCUT2D eigenvalue weighted by atomic mass is 10.0. The standard InChI is InChI=1S/C40H14N6O4S4/c1-43-25-11-21-22(12-26(25)44-2)34(50)24(33(21)49)8-18-10-28-36(52-18)38-30(46(28)4)40-39(54-38)29-37(53-40)35-27(45(29)3)9-17(51-35)7-23-31(47)19-5-15(13-41)16(14-42)6-20(19)32(23)48/h5-12H,3-4H3. The minimum Gasteiger partial charge on any atom is -0.341 e. The Bertz CT molecular complexity index is 3150. The second-order valence-corrected chi connectivity index (χ2v) is 17.0. The Balaban J connectivity index is 1.04. The molecule has 0 unspecified atom stereocenters. The number of nitrogens with zero attached hydrogens (tertiary/aromatic N) is 6. The van der Waals surface area contributed by atoms with Gasteiger partial charge in [-0.2, -0.15) is 10.5 Å². The van der Waals surface area contributed by atoms with E-state index in [1.807, 2.05) is 38.4 Å². The number of Topliss-reactive ketones (excluding diaryl/α,β-unsaturated/α-hetero) is 4. The Labute approximate surface area is 319 Å². The van der Waals surface area contributed by atoms with E-state index >= 15 is 0 Å². The fourth-order valence-corrected chi connectivity index (χ4v) is 13.0. The summed E-state index contributed by atoms with van der Waals surface area (Å²) in [5.41, 5.74) is 4.95. The van der Waals surface area contributed by atoms with Crippen LogP contribution in [-0.2, 0) is 14.1 Å². The number of benzene rings is 2. The number of fused-ring (bicyclic) bond motifs is 11. The van der Waals surface area contributed by atoms with Crippen LogP contribution in [0.15, 0.2) is 47.5 Å². The number of hydrogen-bond donors (Lipinski definition) is 0. The summed E-state index contributed by atoms with van der Waals surface area (Å²) < 4.78 is 10.8. The van der Waals surface area contributed by atoms with Gasteiger partial charge in [0.2, 0.25) is 0 Å². The lowest BCUT2D eigenvalue weighted by molar-refractivity contribution is 0.0975. The molecule has 0 aliphatic heterocycles. The zero-order valence-electron chi connectivity index (χ0n) is 27.6. The molecule has 0 spiro atoms. The fourth-order valence-electron chi connectivity index (χ4n) is 7.46. The number of thiophene rings is 4. The van der Waals surface area contributed by atoms with Crippen molar-refractivity contribution in [2.75, 3.05) is 0 Å². The molecule has 10 rings (SSSR count). The minimum atomic E-state index is -0.461. The summed E-state index contributed by atoms with van der Waals surface area (Å²) >= 11 is 6.38. The summed E-state index contributed by atoms with van der Waals surface area (Å²) in [5.74, 6) is -1.82. The molecule has 14 heteroatoms. The monoisotopic (exact) mass is 770 g/mol. The first kappa shape index (κ1) is 31.9. The zero-order chi connectivity index (χ0) is 37.5. The Morgan fingerprint density at radius 2 is 0.907 bits per heavy atom. The molecule has 2 aromatic carbocycles. The summed E-state index contributed by atoms with van der Waals surface area (Å²) in [6.45, 7) is 14.7. The fraction of sp³-hybridized carbons (Fsp3) is 0.0500. The van der Waals surface area contributed by atoms with Gasteiger partial charge >= 0.3 is 0 Å². The molecule has 0 N–H and O–H groups in total. The average molecular weight is 771 g/mol. The summed E-state index contributed by atoms with van der Waals surface area (Å²) in [6.07, 6.45) is 3.22. The van der Waals surface area contributed by atoms with Crippen LogP contribution in [-0.4, -0.2) is 32.3 Å². The molecule has 2 aliphatic carbocycles. The molecular formula is C40H14N6O4S4. The first-order valence-electron chi connectivity index (χ1n) is 15.9. The van der Waals surface area contributed by atoms with Crippen LogP contribution < -0.4 is 0 Å². The molecular weight excluding hydrogens is 757 g/mol. The van der Waals surface area contributed by atoms with Crippen molar-refractivity contribution < 1.29 is 19.2 Å². The van der Waals surface area contributed by atoms with E-state index < -0.39 is 23.1 Å². The zero-order valence-corrected chi connectivity index (χ0v) is 30.8. The Morgan fingerprint density at radius 1 is 0.556 bits per heavy atom. The molecule has 8 aromatic rings. The van der Waals surface area contributed by atoms with Crippen LogP contribution in [0.1, 0.15) is 62.3 Å². The van der Waals surface area contributed by atoms with Crippen LogP contribution >= 0.6 is 45.3 Å². The van der Waals surface area contributed by atoms with E-state index in [-0.39, 0.29) is 55.9 Å².